The van der Waals surface area contributed by atoms with Gasteiger partial charge in [-0.3, -0.25) is 14.5 Å². The Morgan fingerprint density at radius 3 is 2.61 bits per heavy atom. The summed E-state index contributed by atoms with van der Waals surface area (Å²) in [4.78, 5) is 25.9. The molecule has 1 aliphatic carbocycles. The third kappa shape index (κ3) is 1.56. The van der Waals surface area contributed by atoms with Crippen molar-refractivity contribution in [2.75, 3.05) is 6.54 Å². The quantitative estimate of drug-likeness (QED) is 0.845. The molecule has 0 radical (unpaired) electrons. The minimum absolute atomic E-state index is 0.187. The Labute approximate surface area is 110 Å². The minimum Gasteiger partial charge on any atom is -0.328 e. The van der Waals surface area contributed by atoms with Gasteiger partial charge in [0.1, 0.15) is 0 Å². The molecule has 0 spiro atoms. The van der Waals surface area contributed by atoms with Crippen LogP contribution in [0.4, 0.5) is 0 Å². The molecule has 3 rings (SSSR count). The van der Waals surface area contributed by atoms with Gasteiger partial charge in [0.25, 0.3) is 11.8 Å². The van der Waals surface area contributed by atoms with Crippen LogP contribution in [-0.4, -0.2) is 29.3 Å². The summed E-state index contributed by atoms with van der Waals surface area (Å²) in [5.41, 5.74) is 6.43. The molecule has 1 saturated carbocycles. The van der Waals surface area contributed by atoms with Gasteiger partial charge in [0, 0.05) is 6.54 Å². The molecule has 2 amide bonds. The number of rotatable bonds is 3. The Hall–Kier alpha value is -1.39. The van der Waals surface area contributed by atoms with Crippen LogP contribution in [0.5, 0.6) is 0 Å². The Balaban J connectivity index is 2.04. The van der Waals surface area contributed by atoms with Gasteiger partial charge < -0.3 is 5.73 Å². The number of benzene rings is 1. The lowest BCUT2D eigenvalue weighted by atomic mass is 10.1. The summed E-state index contributed by atoms with van der Waals surface area (Å²) in [6.07, 6.45) is 2.06. The molecular formula is C13H13ClN2O2. The van der Waals surface area contributed by atoms with E-state index in [1.54, 1.807) is 18.2 Å². The molecule has 1 heterocycles. The van der Waals surface area contributed by atoms with E-state index in [-0.39, 0.29) is 17.9 Å². The molecule has 1 atom stereocenters. The molecule has 0 aromatic heterocycles. The SMILES string of the molecule is NCC(C1CC1)N1C(=O)c2cccc(Cl)c2C1=O. The lowest BCUT2D eigenvalue weighted by molar-refractivity contribution is 0.0570. The average Bonchev–Trinajstić information content (AvgIpc) is 3.14. The first kappa shape index (κ1) is 11.7. The summed E-state index contributed by atoms with van der Waals surface area (Å²) in [7, 11) is 0. The van der Waals surface area contributed by atoms with E-state index in [2.05, 4.69) is 0 Å². The number of halogens is 1. The van der Waals surface area contributed by atoms with Crippen molar-refractivity contribution in [2.45, 2.75) is 18.9 Å². The Kier molecular flexibility index (Phi) is 2.64. The van der Waals surface area contributed by atoms with E-state index in [9.17, 15) is 9.59 Å². The number of carbonyl (C=O) groups is 2. The summed E-state index contributed by atoms with van der Waals surface area (Å²) in [5.74, 6) is -0.209. The highest BCUT2D eigenvalue weighted by Crippen LogP contribution is 2.39. The topological polar surface area (TPSA) is 63.4 Å². The number of hydrogen-bond acceptors (Lipinski definition) is 3. The number of imide groups is 1. The van der Waals surface area contributed by atoms with Crippen molar-refractivity contribution in [3.63, 3.8) is 0 Å². The predicted octanol–water partition coefficient (Wildman–Crippen LogP) is 1.67. The van der Waals surface area contributed by atoms with E-state index in [0.717, 1.165) is 12.8 Å². The zero-order chi connectivity index (χ0) is 12.9. The standard InChI is InChI=1S/C13H13ClN2O2/c14-9-3-1-2-8-11(9)13(18)16(12(8)17)10(6-15)7-4-5-7/h1-3,7,10H,4-6,15H2. The third-order valence-corrected chi connectivity index (χ3v) is 3.95. The lowest BCUT2D eigenvalue weighted by Crippen LogP contribution is -2.45. The maximum atomic E-state index is 12.3. The van der Waals surface area contributed by atoms with E-state index in [1.165, 1.54) is 4.90 Å². The summed E-state index contributed by atoms with van der Waals surface area (Å²) < 4.78 is 0. The van der Waals surface area contributed by atoms with Gasteiger partial charge in [-0.1, -0.05) is 17.7 Å². The van der Waals surface area contributed by atoms with Gasteiger partial charge in [-0.15, -0.1) is 0 Å². The first-order valence-electron chi connectivity index (χ1n) is 6.01. The molecule has 0 saturated heterocycles. The average molecular weight is 265 g/mol. The van der Waals surface area contributed by atoms with Gasteiger partial charge in [0.15, 0.2) is 0 Å². The van der Waals surface area contributed by atoms with E-state index in [4.69, 9.17) is 17.3 Å². The Bertz CT molecular complexity index is 540. The van der Waals surface area contributed by atoms with Gasteiger partial charge in [-0.05, 0) is 30.9 Å². The fourth-order valence-electron chi connectivity index (χ4n) is 2.55. The summed E-state index contributed by atoms with van der Waals surface area (Å²) in [6, 6.07) is 4.77. The van der Waals surface area contributed by atoms with E-state index < -0.39 is 0 Å². The number of amides is 2. The second-order valence-electron chi connectivity index (χ2n) is 4.78. The van der Waals surface area contributed by atoms with Crippen LogP contribution in [0.2, 0.25) is 5.02 Å². The smallest absolute Gasteiger partial charge is 0.263 e. The molecule has 0 bridgehead atoms. The third-order valence-electron chi connectivity index (χ3n) is 3.63. The molecule has 1 aromatic rings. The maximum Gasteiger partial charge on any atom is 0.263 e. The minimum atomic E-state index is -0.303. The zero-order valence-electron chi connectivity index (χ0n) is 9.73. The highest BCUT2D eigenvalue weighted by atomic mass is 35.5. The van der Waals surface area contributed by atoms with Crippen molar-refractivity contribution in [1.82, 2.24) is 4.90 Å². The maximum absolute atomic E-state index is 12.3. The van der Waals surface area contributed by atoms with Crippen LogP contribution in [0.25, 0.3) is 0 Å². The van der Waals surface area contributed by atoms with Crippen molar-refractivity contribution < 1.29 is 9.59 Å². The number of fused-ring (bicyclic) bond motifs is 1. The van der Waals surface area contributed by atoms with E-state index in [1.807, 2.05) is 0 Å². The van der Waals surface area contributed by atoms with Crippen LogP contribution in [0.1, 0.15) is 33.6 Å². The van der Waals surface area contributed by atoms with Gasteiger partial charge in [-0.25, -0.2) is 0 Å². The molecule has 1 aromatic carbocycles. The number of carbonyl (C=O) groups excluding carboxylic acids is 2. The van der Waals surface area contributed by atoms with E-state index in [0.29, 0.717) is 28.6 Å². The summed E-state index contributed by atoms with van der Waals surface area (Å²) in [6.45, 7) is 0.313. The monoisotopic (exact) mass is 264 g/mol. The fourth-order valence-corrected chi connectivity index (χ4v) is 2.81. The fraction of sp³-hybridized carbons (Fsp3) is 0.385. The van der Waals surface area contributed by atoms with Crippen molar-refractivity contribution >= 4 is 23.4 Å². The van der Waals surface area contributed by atoms with E-state index >= 15 is 0 Å². The molecule has 1 aliphatic heterocycles. The zero-order valence-corrected chi connectivity index (χ0v) is 10.5. The van der Waals surface area contributed by atoms with Crippen molar-refractivity contribution in [2.24, 2.45) is 11.7 Å². The van der Waals surface area contributed by atoms with Crippen LogP contribution in [0.3, 0.4) is 0 Å². The highest BCUT2D eigenvalue weighted by Gasteiger charge is 2.45. The second kappa shape index (κ2) is 4.07. The van der Waals surface area contributed by atoms with Crippen LogP contribution >= 0.6 is 11.6 Å². The number of nitrogens with zero attached hydrogens (tertiary/aromatic N) is 1. The molecular weight excluding hydrogens is 252 g/mol. The normalized spacial score (nSPS) is 20.2. The molecule has 18 heavy (non-hydrogen) atoms. The van der Waals surface area contributed by atoms with Crippen LogP contribution < -0.4 is 5.73 Å². The van der Waals surface area contributed by atoms with Crippen molar-refractivity contribution in [3.05, 3.63) is 34.3 Å². The molecule has 1 unspecified atom stereocenters. The van der Waals surface area contributed by atoms with Crippen LogP contribution in [-0.2, 0) is 0 Å². The van der Waals surface area contributed by atoms with Crippen molar-refractivity contribution in [3.8, 4) is 0 Å². The molecule has 5 heteroatoms. The second-order valence-corrected chi connectivity index (χ2v) is 5.19. The van der Waals surface area contributed by atoms with Crippen LogP contribution in [0.15, 0.2) is 18.2 Å². The molecule has 2 N–H and O–H groups in total. The Morgan fingerprint density at radius 1 is 1.33 bits per heavy atom. The van der Waals surface area contributed by atoms with Gasteiger partial charge in [-0.2, -0.15) is 0 Å². The molecule has 94 valence electrons. The largest absolute Gasteiger partial charge is 0.328 e. The summed E-state index contributed by atoms with van der Waals surface area (Å²) >= 11 is 6.01. The van der Waals surface area contributed by atoms with Crippen LogP contribution in [0, 0.1) is 5.92 Å². The molecule has 2 aliphatic rings. The first-order valence-corrected chi connectivity index (χ1v) is 6.39. The van der Waals surface area contributed by atoms with Gasteiger partial charge in [0.2, 0.25) is 0 Å². The first-order chi connectivity index (χ1) is 8.65. The number of nitrogens with two attached hydrogens (primary N) is 1. The Morgan fingerprint density at radius 2 is 2.06 bits per heavy atom. The molecule has 1 fully saturated rings. The van der Waals surface area contributed by atoms with Gasteiger partial charge >= 0.3 is 0 Å². The highest BCUT2D eigenvalue weighted by molar-refractivity contribution is 6.37. The lowest BCUT2D eigenvalue weighted by Gasteiger charge is -2.24. The van der Waals surface area contributed by atoms with Crippen molar-refractivity contribution in [1.29, 1.82) is 0 Å². The van der Waals surface area contributed by atoms with Gasteiger partial charge in [0.05, 0.1) is 22.2 Å². The predicted molar refractivity (Wildman–Crippen MR) is 67.5 cm³/mol. The number of hydrogen-bond donors (Lipinski definition) is 1. The molecule has 4 nitrogen and oxygen atoms in total. The summed E-state index contributed by atoms with van der Waals surface area (Å²) in [5, 5.41) is 0.333.